The number of rotatable bonds is 4. The Morgan fingerprint density at radius 2 is 1.94 bits per heavy atom. The summed E-state index contributed by atoms with van der Waals surface area (Å²) in [4.78, 5) is 10.5. The topological polar surface area (TPSA) is 32.3 Å². The zero-order valence-corrected chi connectivity index (χ0v) is 10.3. The van der Waals surface area contributed by atoms with Gasteiger partial charge in [0.2, 0.25) is 6.41 Å². The number of hydrazine groups is 1. The maximum Gasteiger partial charge on any atom is 0.221 e. The van der Waals surface area contributed by atoms with Crippen molar-refractivity contribution in [3.8, 4) is 0 Å². The highest BCUT2D eigenvalue weighted by Crippen LogP contribution is 2.34. The van der Waals surface area contributed by atoms with E-state index in [2.05, 4.69) is 35.8 Å². The average molecular weight is 232 g/mol. The molecule has 1 aliphatic rings. The van der Waals surface area contributed by atoms with Crippen LogP contribution in [0.25, 0.3) is 0 Å². The van der Waals surface area contributed by atoms with Crippen LogP contribution in [0.15, 0.2) is 30.3 Å². The van der Waals surface area contributed by atoms with E-state index in [0.717, 1.165) is 12.8 Å². The molecule has 0 aromatic heterocycles. The number of likely N-dealkylation sites (N-methyl/N-ethyl adjacent to an activating group) is 1. The molecule has 17 heavy (non-hydrogen) atoms. The lowest BCUT2D eigenvalue weighted by atomic mass is 9.80. The first-order valence-corrected chi connectivity index (χ1v) is 6.30. The number of nitrogens with zero attached hydrogens (tertiary/aromatic N) is 1. The quantitative estimate of drug-likeness (QED) is 0.638. The molecule has 1 saturated carbocycles. The van der Waals surface area contributed by atoms with Crippen molar-refractivity contribution in [1.82, 2.24) is 10.4 Å². The largest absolute Gasteiger partial charge is 0.292 e. The van der Waals surface area contributed by atoms with E-state index in [4.69, 9.17) is 0 Å². The maximum absolute atomic E-state index is 10.5. The number of carbonyl (C=O) groups excluding carboxylic acids is 1. The minimum atomic E-state index is 0.413. The van der Waals surface area contributed by atoms with Crippen LogP contribution in [0.1, 0.15) is 37.2 Å². The molecule has 1 aromatic carbocycles. The number of carbonyl (C=O) groups is 1. The summed E-state index contributed by atoms with van der Waals surface area (Å²) >= 11 is 0. The molecule has 1 fully saturated rings. The van der Waals surface area contributed by atoms with Crippen molar-refractivity contribution < 1.29 is 4.79 Å². The van der Waals surface area contributed by atoms with Crippen molar-refractivity contribution in [3.63, 3.8) is 0 Å². The lowest BCUT2D eigenvalue weighted by Gasteiger charge is -2.37. The Kier molecular flexibility index (Phi) is 4.15. The Morgan fingerprint density at radius 1 is 1.24 bits per heavy atom. The fourth-order valence-electron chi connectivity index (χ4n) is 2.84. The molecule has 0 bridgehead atoms. The first-order chi connectivity index (χ1) is 8.33. The van der Waals surface area contributed by atoms with Gasteiger partial charge in [-0.2, -0.15) is 0 Å². The number of amides is 1. The number of nitrogens with one attached hydrogen (secondary N) is 1. The zero-order valence-electron chi connectivity index (χ0n) is 10.3. The van der Waals surface area contributed by atoms with Crippen molar-refractivity contribution in [2.24, 2.45) is 0 Å². The highest BCUT2D eigenvalue weighted by Gasteiger charge is 2.29. The molecular weight excluding hydrogens is 212 g/mol. The van der Waals surface area contributed by atoms with E-state index < -0.39 is 0 Å². The highest BCUT2D eigenvalue weighted by molar-refractivity contribution is 5.45. The average Bonchev–Trinajstić information content (AvgIpc) is 2.40. The first kappa shape index (κ1) is 12.1. The van der Waals surface area contributed by atoms with Crippen LogP contribution in [0, 0.1) is 0 Å². The molecule has 1 aromatic rings. The third-order valence-corrected chi connectivity index (χ3v) is 3.71. The van der Waals surface area contributed by atoms with Crippen molar-refractivity contribution >= 4 is 6.41 Å². The van der Waals surface area contributed by atoms with Crippen molar-refractivity contribution in [2.45, 2.75) is 37.6 Å². The fraction of sp³-hybridized carbons (Fsp3) is 0.500. The predicted octanol–water partition coefficient (Wildman–Crippen LogP) is 2.31. The zero-order chi connectivity index (χ0) is 12.1. The molecule has 3 nitrogen and oxygen atoms in total. The summed E-state index contributed by atoms with van der Waals surface area (Å²) < 4.78 is 0. The molecule has 0 spiro atoms. The monoisotopic (exact) mass is 232 g/mol. The molecule has 2 rings (SSSR count). The van der Waals surface area contributed by atoms with E-state index in [1.807, 2.05) is 12.1 Å². The first-order valence-electron chi connectivity index (χ1n) is 6.30. The van der Waals surface area contributed by atoms with E-state index in [1.54, 1.807) is 0 Å². The molecule has 2 unspecified atom stereocenters. The number of benzene rings is 1. The number of hydrogen-bond acceptors (Lipinski definition) is 2. The number of hydrogen-bond donors (Lipinski definition) is 1. The summed E-state index contributed by atoms with van der Waals surface area (Å²) in [6.45, 7) is 0. The van der Waals surface area contributed by atoms with Gasteiger partial charge in [0.1, 0.15) is 0 Å². The van der Waals surface area contributed by atoms with Crippen LogP contribution in [-0.2, 0) is 4.79 Å². The van der Waals surface area contributed by atoms with E-state index >= 15 is 0 Å². The second-order valence-electron chi connectivity index (χ2n) is 4.73. The molecule has 1 N–H and O–H groups in total. The van der Waals surface area contributed by atoms with Crippen LogP contribution >= 0.6 is 0 Å². The second kappa shape index (κ2) is 5.82. The summed E-state index contributed by atoms with van der Waals surface area (Å²) in [5.41, 5.74) is 4.15. The molecule has 2 atom stereocenters. The molecule has 1 aliphatic carbocycles. The standard InChI is InChI=1S/C14H20N2O/c1-16(15-11-17)14-10-6-5-9-13(14)12-7-3-2-4-8-12/h2-4,7-8,11,13-14H,5-6,9-10H2,1H3,(H,15,17). The van der Waals surface area contributed by atoms with E-state index in [-0.39, 0.29) is 0 Å². The van der Waals surface area contributed by atoms with Crippen molar-refractivity contribution in [3.05, 3.63) is 35.9 Å². The van der Waals surface area contributed by atoms with Crippen LogP contribution < -0.4 is 5.43 Å². The highest BCUT2D eigenvalue weighted by atomic mass is 16.1. The SMILES string of the molecule is CN(NC=O)C1CCCCC1c1ccccc1. The molecule has 0 radical (unpaired) electrons. The smallest absolute Gasteiger partial charge is 0.221 e. The summed E-state index contributed by atoms with van der Waals surface area (Å²) in [5, 5.41) is 1.96. The van der Waals surface area contributed by atoms with Gasteiger partial charge in [-0.05, 0) is 18.4 Å². The van der Waals surface area contributed by atoms with Crippen LogP contribution in [-0.4, -0.2) is 24.5 Å². The van der Waals surface area contributed by atoms with Crippen LogP contribution in [0.2, 0.25) is 0 Å². The molecule has 0 saturated heterocycles. The van der Waals surface area contributed by atoms with Gasteiger partial charge in [0.05, 0.1) is 0 Å². The third kappa shape index (κ3) is 2.86. The lowest BCUT2D eigenvalue weighted by molar-refractivity contribution is -0.114. The van der Waals surface area contributed by atoms with Gasteiger partial charge in [-0.1, -0.05) is 43.2 Å². The van der Waals surface area contributed by atoms with Crippen LogP contribution in [0.4, 0.5) is 0 Å². The Morgan fingerprint density at radius 3 is 2.65 bits per heavy atom. The predicted molar refractivity (Wildman–Crippen MR) is 68.4 cm³/mol. The Balaban J connectivity index is 2.14. The molecule has 1 amide bonds. The van der Waals surface area contributed by atoms with Crippen LogP contribution in [0.3, 0.4) is 0 Å². The summed E-state index contributed by atoms with van der Waals surface area (Å²) in [7, 11) is 1.96. The molecule has 0 heterocycles. The fourth-order valence-corrected chi connectivity index (χ4v) is 2.84. The van der Waals surface area contributed by atoms with Gasteiger partial charge < -0.3 is 0 Å². The minimum absolute atomic E-state index is 0.413. The summed E-state index contributed by atoms with van der Waals surface area (Å²) in [6, 6.07) is 11.0. The summed E-state index contributed by atoms with van der Waals surface area (Å²) in [6.07, 6.45) is 5.65. The molecular formula is C14H20N2O. The lowest BCUT2D eigenvalue weighted by Crippen LogP contribution is -2.46. The molecule has 0 aliphatic heterocycles. The maximum atomic E-state index is 10.5. The van der Waals surface area contributed by atoms with E-state index in [0.29, 0.717) is 12.0 Å². The molecule has 3 heteroatoms. The van der Waals surface area contributed by atoms with Crippen molar-refractivity contribution in [1.29, 1.82) is 0 Å². The van der Waals surface area contributed by atoms with Gasteiger partial charge >= 0.3 is 0 Å². The third-order valence-electron chi connectivity index (χ3n) is 3.71. The Bertz CT molecular complexity index is 352. The Hall–Kier alpha value is -1.35. The molecule has 92 valence electrons. The van der Waals surface area contributed by atoms with Gasteiger partial charge in [-0.3, -0.25) is 10.2 Å². The van der Waals surface area contributed by atoms with E-state index in [1.165, 1.54) is 24.8 Å². The minimum Gasteiger partial charge on any atom is -0.292 e. The van der Waals surface area contributed by atoms with Gasteiger partial charge in [0.15, 0.2) is 0 Å². The van der Waals surface area contributed by atoms with Gasteiger partial charge in [0, 0.05) is 19.0 Å². The summed E-state index contributed by atoms with van der Waals surface area (Å²) in [5.74, 6) is 0.530. The van der Waals surface area contributed by atoms with Crippen molar-refractivity contribution in [2.75, 3.05) is 7.05 Å². The van der Waals surface area contributed by atoms with Gasteiger partial charge in [-0.15, -0.1) is 0 Å². The normalized spacial score (nSPS) is 24.6. The second-order valence-corrected chi connectivity index (χ2v) is 4.73. The Labute approximate surface area is 103 Å². The van der Waals surface area contributed by atoms with Gasteiger partial charge in [-0.25, -0.2) is 5.01 Å². The van der Waals surface area contributed by atoms with Gasteiger partial charge in [0.25, 0.3) is 0 Å². The van der Waals surface area contributed by atoms with E-state index in [9.17, 15) is 4.79 Å². The van der Waals surface area contributed by atoms with Crippen LogP contribution in [0.5, 0.6) is 0 Å².